The van der Waals surface area contributed by atoms with Gasteiger partial charge in [-0.1, -0.05) is 0 Å². The molecule has 0 aliphatic carbocycles. The lowest BCUT2D eigenvalue weighted by atomic mass is 10.0. The maximum absolute atomic E-state index is 12.8. The van der Waals surface area contributed by atoms with Crippen molar-refractivity contribution in [3.05, 3.63) is 77.1 Å². The van der Waals surface area contributed by atoms with Gasteiger partial charge in [0.05, 0.1) is 35.2 Å². The third-order valence-electron chi connectivity index (χ3n) is 5.72. The second-order valence-corrected chi connectivity index (χ2v) is 10.9. The molecule has 0 spiro atoms. The number of sulfonamides is 1. The van der Waals surface area contributed by atoms with Crippen LogP contribution in [0.1, 0.15) is 11.1 Å². The monoisotopic (exact) mass is 512 g/mol. The van der Waals surface area contributed by atoms with E-state index in [-0.39, 0.29) is 21.7 Å². The van der Waals surface area contributed by atoms with Crippen LogP contribution >= 0.6 is 11.8 Å². The average molecular weight is 513 g/mol. The number of likely N-dealkylation sites (N-methyl/N-ethyl adjacent to an activating group) is 1. The fraction of sp³-hybridized carbons (Fsp3) is 0.261. The third-order valence-corrected chi connectivity index (χ3v) is 8.34. The highest BCUT2D eigenvalue weighted by Crippen LogP contribution is 2.31. The van der Waals surface area contributed by atoms with Gasteiger partial charge in [-0.25, -0.2) is 13.8 Å². The number of nitriles is 1. The Kier molecular flexibility index (Phi) is 6.59. The van der Waals surface area contributed by atoms with E-state index in [0.29, 0.717) is 18.8 Å². The highest BCUT2D eigenvalue weighted by Gasteiger charge is 2.26. The summed E-state index contributed by atoms with van der Waals surface area (Å²) in [5, 5.41) is 18.1. The van der Waals surface area contributed by atoms with Gasteiger partial charge in [0.15, 0.2) is 0 Å². The molecule has 3 aliphatic heterocycles. The predicted octanol–water partition coefficient (Wildman–Crippen LogP) is 1.66. The van der Waals surface area contributed by atoms with E-state index >= 15 is 0 Å². The first kappa shape index (κ1) is 23.5. The van der Waals surface area contributed by atoms with E-state index in [1.54, 1.807) is 12.5 Å². The molecule has 2 aromatic rings. The van der Waals surface area contributed by atoms with Crippen LogP contribution in [0.5, 0.6) is 5.75 Å². The van der Waals surface area contributed by atoms with Crippen molar-refractivity contribution in [1.82, 2.24) is 25.8 Å². The molecule has 182 valence electrons. The maximum Gasteiger partial charge on any atom is 0.242 e. The van der Waals surface area contributed by atoms with Gasteiger partial charge in [-0.15, -0.1) is 11.8 Å². The Hall–Kier alpha value is -3.21. The minimum Gasteiger partial charge on any atom is -0.472 e. The zero-order valence-corrected chi connectivity index (χ0v) is 20.5. The van der Waals surface area contributed by atoms with Crippen LogP contribution in [0.4, 0.5) is 0 Å². The number of nitrogens with zero attached hydrogens (tertiary/aromatic N) is 2. The quantitative estimate of drug-likeness (QED) is 0.434. The Labute approximate surface area is 207 Å². The second kappa shape index (κ2) is 9.80. The normalized spacial score (nSPS) is 20.3. The van der Waals surface area contributed by atoms with E-state index in [0.717, 1.165) is 34.8 Å². The summed E-state index contributed by atoms with van der Waals surface area (Å²) in [5.74, 6) is 1.71. The van der Waals surface area contributed by atoms with E-state index in [1.807, 2.05) is 24.2 Å². The Bertz CT molecular complexity index is 1350. The highest BCUT2D eigenvalue weighted by molar-refractivity contribution is 8.01. The van der Waals surface area contributed by atoms with Gasteiger partial charge in [0.25, 0.3) is 0 Å². The van der Waals surface area contributed by atoms with Crippen LogP contribution in [-0.2, 0) is 10.0 Å². The second-order valence-electron chi connectivity index (χ2n) is 7.97. The number of hydrazine groups is 1. The molecule has 1 unspecified atom stereocenters. The van der Waals surface area contributed by atoms with E-state index in [2.05, 4.69) is 32.9 Å². The lowest BCUT2D eigenvalue weighted by Crippen LogP contribution is -2.39. The summed E-state index contributed by atoms with van der Waals surface area (Å²) in [6.07, 6.45) is 7.30. The number of hydrogen-bond acceptors (Lipinski definition) is 10. The topological polar surface area (TPSA) is 132 Å². The number of rotatable bonds is 7. The average Bonchev–Trinajstić information content (AvgIpc) is 3.63. The molecule has 35 heavy (non-hydrogen) atoms. The fourth-order valence-electron chi connectivity index (χ4n) is 3.95. The first-order valence-corrected chi connectivity index (χ1v) is 13.5. The van der Waals surface area contributed by atoms with Gasteiger partial charge in [0.1, 0.15) is 23.1 Å². The SMILES string of the molecule is CN1NCC=C1C1=C(Oc2ccc(S(=O)(=O)NC3NCCS3)cc2C#N)CNC(c2ccoc2)=C1. The van der Waals surface area contributed by atoms with Gasteiger partial charge in [0, 0.05) is 42.7 Å². The minimum atomic E-state index is -3.80. The molecule has 12 heteroatoms. The molecule has 3 aliphatic rings. The number of nitrogens with one attached hydrogen (secondary N) is 4. The Morgan fingerprint density at radius 2 is 2.23 bits per heavy atom. The van der Waals surface area contributed by atoms with Crippen molar-refractivity contribution in [2.75, 3.05) is 32.4 Å². The van der Waals surface area contributed by atoms with Crippen LogP contribution in [0.3, 0.4) is 0 Å². The first-order chi connectivity index (χ1) is 16.9. The van der Waals surface area contributed by atoms with Crippen LogP contribution in [0.25, 0.3) is 5.70 Å². The molecule has 4 heterocycles. The molecule has 0 saturated carbocycles. The van der Waals surface area contributed by atoms with Crippen molar-refractivity contribution in [2.24, 2.45) is 0 Å². The molecule has 4 N–H and O–H groups in total. The molecule has 10 nitrogen and oxygen atoms in total. The summed E-state index contributed by atoms with van der Waals surface area (Å²) in [6, 6.07) is 8.24. The van der Waals surface area contributed by atoms with Crippen LogP contribution in [0.2, 0.25) is 0 Å². The van der Waals surface area contributed by atoms with E-state index in [9.17, 15) is 13.7 Å². The number of dihydropyridines is 1. The standard InChI is InChI=1S/C23H24N6O4S2/c1-29-20(4-6-27-29)18-11-19(15-5-8-32-14-15)26-13-22(18)33-21-3-2-17(10-16(21)12-24)35(30,31)28-23-25-7-9-34-23/h2-5,8,10-11,14,23,25-28H,6-7,9,13H2,1H3. The van der Waals surface area contributed by atoms with E-state index in [1.165, 1.54) is 30.0 Å². The summed E-state index contributed by atoms with van der Waals surface area (Å²) < 4.78 is 39.6. The molecule has 1 atom stereocenters. The fourth-order valence-corrected chi connectivity index (χ4v) is 6.33. The smallest absolute Gasteiger partial charge is 0.242 e. The number of allylic oxidation sites excluding steroid dienone is 1. The van der Waals surface area contributed by atoms with Gasteiger partial charge in [-0.05, 0) is 36.4 Å². The van der Waals surface area contributed by atoms with E-state index < -0.39 is 10.0 Å². The van der Waals surface area contributed by atoms with Crippen LogP contribution in [0, 0.1) is 11.3 Å². The number of hydrogen-bond donors (Lipinski definition) is 4. The molecular weight excluding hydrogens is 488 g/mol. The Morgan fingerprint density at radius 1 is 1.34 bits per heavy atom. The minimum absolute atomic E-state index is 0.0104. The van der Waals surface area contributed by atoms with Gasteiger partial charge >= 0.3 is 0 Å². The number of thioether (sulfide) groups is 1. The van der Waals surface area contributed by atoms with Gasteiger partial charge in [0.2, 0.25) is 10.0 Å². The number of benzene rings is 1. The molecule has 0 radical (unpaired) electrons. The molecule has 0 amide bonds. The largest absolute Gasteiger partial charge is 0.472 e. The molecular formula is C23H24N6O4S2. The molecule has 1 saturated heterocycles. The molecule has 1 fully saturated rings. The molecule has 1 aromatic carbocycles. The van der Waals surface area contributed by atoms with Crippen molar-refractivity contribution < 1.29 is 17.6 Å². The molecule has 0 bridgehead atoms. The highest BCUT2D eigenvalue weighted by atomic mass is 32.2. The maximum atomic E-state index is 12.8. The summed E-state index contributed by atoms with van der Waals surface area (Å²) in [7, 11) is -1.88. The van der Waals surface area contributed by atoms with Crippen molar-refractivity contribution >= 4 is 27.5 Å². The zero-order valence-electron chi connectivity index (χ0n) is 18.9. The van der Waals surface area contributed by atoms with Crippen molar-refractivity contribution in [3.63, 3.8) is 0 Å². The van der Waals surface area contributed by atoms with E-state index in [4.69, 9.17) is 9.15 Å². The summed E-state index contributed by atoms with van der Waals surface area (Å²) in [4.78, 5) is 0.0104. The number of furan rings is 1. The molecule has 5 rings (SSSR count). The summed E-state index contributed by atoms with van der Waals surface area (Å²) in [6.45, 7) is 1.79. The summed E-state index contributed by atoms with van der Waals surface area (Å²) >= 11 is 1.48. The van der Waals surface area contributed by atoms with Gasteiger partial charge in [-0.2, -0.15) is 9.98 Å². The van der Waals surface area contributed by atoms with Gasteiger partial charge in [-0.3, -0.25) is 5.32 Å². The Morgan fingerprint density at radius 3 is 2.91 bits per heavy atom. The molecule has 1 aromatic heterocycles. The number of ether oxygens (including phenoxy) is 1. The lowest BCUT2D eigenvalue weighted by Gasteiger charge is -2.26. The predicted molar refractivity (Wildman–Crippen MR) is 132 cm³/mol. The van der Waals surface area contributed by atoms with Crippen LogP contribution in [0.15, 0.2) is 75.3 Å². The lowest BCUT2D eigenvalue weighted by molar-refractivity contribution is 0.343. The van der Waals surface area contributed by atoms with Crippen molar-refractivity contribution in [2.45, 2.75) is 10.4 Å². The van der Waals surface area contributed by atoms with Gasteiger partial charge < -0.3 is 19.5 Å². The van der Waals surface area contributed by atoms with Crippen LogP contribution in [-0.4, -0.2) is 51.4 Å². The Balaban J connectivity index is 1.47. The summed E-state index contributed by atoms with van der Waals surface area (Å²) in [5.41, 5.74) is 6.54. The third kappa shape index (κ3) is 4.95. The first-order valence-electron chi connectivity index (χ1n) is 10.9. The van der Waals surface area contributed by atoms with Crippen molar-refractivity contribution in [3.8, 4) is 11.8 Å². The van der Waals surface area contributed by atoms with Crippen molar-refractivity contribution in [1.29, 1.82) is 5.26 Å². The zero-order chi connectivity index (χ0) is 24.4. The van der Waals surface area contributed by atoms with Crippen LogP contribution < -0.4 is 25.5 Å².